The monoisotopic (exact) mass is 492 g/mol. The molecule has 1 aromatic rings. The Balaban J connectivity index is 0.00000243. The van der Waals surface area contributed by atoms with E-state index in [2.05, 4.69) is 31.7 Å². The minimum Gasteiger partial charge on any atom is -0.370 e. The number of thiazole rings is 1. The van der Waals surface area contributed by atoms with Gasteiger partial charge in [0.25, 0.3) is 0 Å². The molecule has 1 saturated heterocycles. The summed E-state index contributed by atoms with van der Waals surface area (Å²) in [5, 5.41) is 3.14. The Hall–Kier alpha value is -0.610. The van der Waals surface area contributed by atoms with Crippen LogP contribution in [0.3, 0.4) is 0 Å². The van der Waals surface area contributed by atoms with Gasteiger partial charge in [0.2, 0.25) is 0 Å². The molecule has 0 aromatic carbocycles. The van der Waals surface area contributed by atoms with Crippen molar-refractivity contribution < 1.29 is 0 Å². The van der Waals surface area contributed by atoms with Crippen LogP contribution in [0.4, 0.5) is 5.13 Å². The molecule has 0 unspecified atom stereocenters. The molecule has 2 heterocycles. The van der Waals surface area contributed by atoms with Gasteiger partial charge in [0, 0.05) is 50.3 Å². The van der Waals surface area contributed by atoms with Crippen LogP contribution in [0.25, 0.3) is 0 Å². The lowest BCUT2D eigenvalue weighted by atomic mass is 9.94. The number of anilines is 1. The van der Waals surface area contributed by atoms with E-state index in [0.29, 0.717) is 5.96 Å². The van der Waals surface area contributed by atoms with Crippen LogP contribution in [0.5, 0.6) is 0 Å². The van der Waals surface area contributed by atoms with Crippen molar-refractivity contribution in [3.8, 4) is 0 Å². The van der Waals surface area contributed by atoms with E-state index in [4.69, 9.17) is 5.73 Å². The third kappa shape index (κ3) is 6.23. The average molecular weight is 492 g/mol. The molecule has 1 aliphatic carbocycles. The predicted octanol–water partition coefficient (Wildman–Crippen LogP) is 2.85. The lowest BCUT2D eigenvalue weighted by Gasteiger charge is -2.35. The number of hydrogen-bond acceptors (Lipinski definition) is 5. The number of guanidine groups is 1. The third-order valence-corrected chi connectivity index (χ3v) is 6.27. The van der Waals surface area contributed by atoms with Crippen LogP contribution in [0.15, 0.2) is 16.6 Å². The maximum Gasteiger partial charge on any atom is 0.191 e. The van der Waals surface area contributed by atoms with E-state index >= 15 is 0 Å². The van der Waals surface area contributed by atoms with Crippen molar-refractivity contribution in [2.24, 2.45) is 10.7 Å². The summed E-state index contributed by atoms with van der Waals surface area (Å²) < 4.78 is 0. The Morgan fingerprint density at radius 2 is 2.00 bits per heavy atom. The first kappa shape index (κ1) is 21.7. The second kappa shape index (κ2) is 11.3. The van der Waals surface area contributed by atoms with Crippen molar-refractivity contribution in [2.45, 2.75) is 44.6 Å². The number of piperazine rings is 1. The highest BCUT2D eigenvalue weighted by atomic mass is 127. The van der Waals surface area contributed by atoms with Gasteiger partial charge in [0.05, 0.1) is 0 Å². The van der Waals surface area contributed by atoms with Crippen LogP contribution in [0.2, 0.25) is 0 Å². The molecule has 1 aliphatic heterocycles. The van der Waals surface area contributed by atoms with Crippen molar-refractivity contribution in [2.75, 3.05) is 51.2 Å². The zero-order valence-corrected chi connectivity index (χ0v) is 19.0. The lowest BCUT2D eigenvalue weighted by molar-refractivity contribution is 0.191. The van der Waals surface area contributed by atoms with E-state index < -0.39 is 0 Å². The molecule has 148 valence electrons. The van der Waals surface area contributed by atoms with E-state index in [0.717, 1.165) is 56.9 Å². The van der Waals surface area contributed by atoms with E-state index in [1.165, 1.54) is 32.1 Å². The van der Waals surface area contributed by atoms with Gasteiger partial charge in [0.1, 0.15) is 0 Å². The first-order valence-electron chi connectivity index (χ1n) is 9.63. The van der Waals surface area contributed by atoms with Crippen LogP contribution in [-0.4, -0.2) is 73.1 Å². The maximum atomic E-state index is 6.20. The third-order valence-electron chi connectivity index (χ3n) is 5.43. The fraction of sp³-hybridized carbons (Fsp3) is 0.778. The van der Waals surface area contributed by atoms with Gasteiger partial charge in [-0.2, -0.15) is 0 Å². The normalized spacial score (nSPS) is 19.7. The molecule has 3 rings (SSSR count). The zero-order valence-electron chi connectivity index (χ0n) is 15.8. The van der Waals surface area contributed by atoms with Gasteiger partial charge in [-0.1, -0.05) is 19.3 Å². The van der Waals surface area contributed by atoms with Crippen LogP contribution in [0.1, 0.15) is 38.5 Å². The number of nitrogens with zero attached hydrogens (tertiary/aromatic N) is 5. The predicted molar refractivity (Wildman–Crippen MR) is 122 cm³/mol. The second-order valence-electron chi connectivity index (χ2n) is 7.15. The number of halogens is 1. The molecule has 1 saturated carbocycles. The molecule has 1 aromatic heterocycles. The van der Waals surface area contributed by atoms with Crippen LogP contribution < -0.4 is 10.6 Å². The molecule has 2 aliphatic rings. The van der Waals surface area contributed by atoms with Gasteiger partial charge in [-0.3, -0.25) is 4.99 Å². The van der Waals surface area contributed by atoms with E-state index in [1.807, 2.05) is 11.6 Å². The molecule has 0 atom stereocenters. The topological polar surface area (TPSA) is 61.0 Å². The summed E-state index contributed by atoms with van der Waals surface area (Å²) in [4.78, 5) is 16.1. The lowest BCUT2D eigenvalue weighted by Crippen LogP contribution is -2.51. The van der Waals surface area contributed by atoms with Crippen molar-refractivity contribution >= 4 is 46.4 Å². The summed E-state index contributed by atoms with van der Waals surface area (Å²) in [5.74, 6) is 0.708. The highest BCUT2D eigenvalue weighted by Gasteiger charge is 2.20. The first-order valence-corrected chi connectivity index (χ1v) is 10.5. The summed E-state index contributed by atoms with van der Waals surface area (Å²) in [6.07, 6.45) is 9.90. The smallest absolute Gasteiger partial charge is 0.191 e. The average Bonchev–Trinajstić information content (AvgIpc) is 3.20. The quantitative estimate of drug-likeness (QED) is 0.287. The fourth-order valence-electron chi connectivity index (χ4n) is 3.82. The maximum absolute atomic E-state index is 6.20. The minimum absolute atomic E-state index is 0. The van der Waals surface area contributed by atoms with Gasteiger partial charge in [-0.05, 0) is 32.9 Å². The molecule has 0 bridgehead atoms. The molecule has 0 spiro atoms. The molecule has 2 fully saturated rings. The summed E-state index contributed by atoms with van der Waals surface area (Å²) in [5.41, 5.74) is 6.20. The highest BCUT2D eigenvalue weighted by molar-refractivity contribution is 14.0. The Morgan fingerprint density at radius 3 is 2.65 bits per heavy atom. The van der Waals surface area contributed by atoms with Crippen LogP contribution in [0, 0.1) is 0 Å². The van der Waals surface area contributed by atoms with E-state index in [-0.39, 0.29) is 24.0 Å². The minimum atomic E-state index is 0. The van der Waals surface area contributed by atoms with Crippen molar-refractivity contribution in [3.63, 3.8) is 0 Å². The molecular weight excluding hydrogens is 459 g/mol. The summed E-state index contributed by atoms with van der Waals surface area (Å²) >= 11 is 1.70. The van der Waals surface area contributed by atoms with E-state index in [1.54, 1.807) is 11.3 Å². The highest BCUT2D eigenvalue weighted by Crippen LogP contribution is 2.21. The van der Waals surface area contributed by atoms with Crippen molar-refractivity contribution in [1.29, 1.82) is 0 Å². The number of nitrogens with two attached hydrogens (primary N) is 1. The van der Waals surface area contributed by atoms with Gasteiger partial charge >= 0.3 is 0 Å². The molecule has 2 N–H and O–H groups in total. The first-order chi connectivity index (χ1) is 12.2. The Morgan fingerprint density at radius 1 is 1.27 bits per heavy atom. The summed E-state index contributed by atoms with van der Waals surface area (Å²) in [6.45, 7) is 5.74. The van der Waals surface area contributed by atoms with Crippen molar-refractivity contribution in [3.05, 3.63) is 11.6 Å². The van der Waals surface area contributed by atoms with Crippen LogP contribution in [-0.2, 0) is 0 Å². The van der Waals surface area contributed by atoms with Gasteiger partial charge in [0.15, 0.2) is 11.1 Å². The molecule has 0 radical (unpaired) electrons. The SMILES string of the molecule is CN(CCCN=C(N)N1CCN(c2nccs2)CC1)C1CCCCC1.I. The number of aromatic nitrogens is 1. The Labute approximate surface area is 178 Å². The van der Waals surface area contributed by atoms with Gasteiger partial charge in [-0.25, -0.2) is 4.98 Å². The van der Waals surface area contributed by atoms with Crippen LogP contribution >= 0.6 is 35.3 Å². The second-order valence-corrected chi connectivity index (χ2v) is 8.03. The number of rotatable bonds is 6. The van der Waals surface area contributed by atoms with E-state index in [9.17, 15) is 0 Å². The summed E-state index contributed by atoms with van der Waals surface area (Å²) in [6, 6.07) is 0.786. The van der Waals surface area contributed by atoms with Crippen molar-refractivity contribution in [1.82, 2.24) is 14.8 Å². The molecule has 8 heteroatoms. The molecular formula is C18H33IN6S. The number of aliphatic imine (C=N–C) groups is 1. The Kier molecular flexibility index (Phi) is 9.41. The standard InChI is InChI=1S/C18H32N6S.HI/c1-22(16-6-3-2-4-7-16)10-5-8-20-17(19)23-11-13-24(14-12-23)18-21-9-15-25-18;/h9,15-16H,2-8,10-14H2,1H3,(H2,19,20);1H. The fourth-order valence-corrected chi connectivity index (χ4v) is 4.51. The molecule has 6 nitrogen and oxygen atoms in total. The van der Waals surface area contributed by atoms with Gasteiger partial charge in [-0.15, -0.1) is 35.3 Å². The summed E-state index contributed by atoms with van der Waals surface area (Å²) in [7, 11) is 2.26. The zero-order chi connectivity index (χ0) is 17.5. The number of hydrogen-bond donors (Lipinski definition) is 1. The largest absolute Gasteiger partial charge is 0.370 e. The molecule has 26 heavy (non-hydrogen) atoms. The van der Waals surface area contributed by atoms with Gasteiger partial charge < -0.3 is 20.4 Å². The Bertz CT molecular complexity index is 524. The molecule has 0 amide bonds.